The quantitative estimate of drug-likeness (QED) is 0.491. The summed E-state index contributed by atoms with van der Waals surface area (Å²) in [7, 11) is 0. The Morgan fingerprint density at radius 3 is 1.15 bits per heavy atom. The minimum atomic E-state index is -8.32. The molecule has 0 aromatic rings. The molecule has 1 atom stereocenters. The summed E-state index contributed by atoms with van der Waals surface area (Å²) in [5, 5.41) is 8.71. The van der Waals surface area contributed by atoms with Crippen molar-refractivity contribution < 1.29 is 71.0 Å². The maximum Gasteiger partial charge on any atom is 0.460 e. The predicted molar refractivity (Wildman–Crippen MR) is 56.7 cm³/mol. The maximum absolute atomic E-state index is 13.3. The van der Waals surface area contributed by atoms with Crippen LogP contribution in [-0.2, 0) is 0 Å². The van der Waals surface area contributed by atoms with Crippen LogP contribution in [0.4, 0.5) is 65.9 Å². The lowest BCUT2D eigenvalue weighted by molar-refractivity contribution is -0.455. The topological polar surface area (TPSA) is 20.2 Å². The van der Waals surface area contributed by atoms with Crippen molar-refractivity contribution in [3.8, 4) is 0 Å². The van der Waals surface area contributed by atoms with Gasteiger partial charge in [-0.05, 0) is 6.42 Å². The first-order valence-electron chi connectivity index (χ1n) is 6.50. The van der Waals surface area contributed by atoms with Crippen LogP contribution in [0.1, 0.15) is 19.8 Å². The van der Waals surface area contributed by atoms with Crippen LogP contribution >= 0.6 is 0 Å². The van der Waals surface area contributed by atoms with E-state index in [4.69, 9.17) is 5.11 Å². The minimum absolute atomic E-state index is 0.642. The van der Waals surface area contributed by atoms with Gasteiger partial charge in [-0.25, -0.2) is 0 Å². The summed E-state index contributed by atoms with van der Waals surface area (Å²) in [6.07, 6.45) is -13.6. The molecule has 0 aromatic carbocycles. The Morgan fingerprint density at radius 1 is 0.556 bits per heavy atom. The second-order valence-electron chi connectivity index (χ2n) is 5.30. The number of aliphatic hydroxyl groups excluding tert-OH is 1. The van der Waals surface area contributed by atoms with E-state index in [0.29, 0.717) is 0 Å². The third kappa shape index (κ3) is 3.41. The number of alkyl halides is 15. The summed E-state index contributed by atoms with van der Waals surface area (Å²) < 4.78 is 192. The molecule has 0 saturated carbocycles. The Hall–Kier alpha value is -1.09. The molecule has 164 valence electrons. The minimum Gasteiger partial charge on any atom is -0.387 e. The number of hydrogen-bond donors (Lipinski definition) is 1. The fourth-order valence-corrected chi connectivity index (χ4v) is 1.64. The van der Waals surface area contributed by atoms with E-state index in [1.54, 1.807) is 0 Å². The van der Waals surface area contributed by atoms with Gasteiger partial charge in [0.1, 0.15) is 6.10 Å². The molecule has 0 aromatic heterocycles. The summed E-state index contributed by atoms with van der Waals surface area (Å²) >= 11 is 0. The molecule has 1 nitrogen and oxygen atoms in total. The number of hydrogen-bond acceptors (Lipinski definition) is 1. The van der Waals surface area contributed by atoms with Crippen LogP contribution in [0.5, 0.6) is 0 Å². The maximum atomic E-state index is 13.3. The van der Waals surface area contributed by atoms with Crippen LogP contribution in [0.3, 0.4) is 0 Å². The van der Waals surface area contributed by atoms with Gasteiger partial charge in [-0.3, -0.25) is 0 Å². The Kier molecular flexibility index (Phi) is 6.48. The van der Waals surface area contributed by atoms with E-state index in [1.165, 1.54) is 0 Å². The third-order valence-corrected chi connectivity index (χ3v) is 3.33. The Labute approximate surface area is 140 Å². The molecular weight excluding hydrogens is 433 g/mol. The summed E-state index contributed by atoms with van der Waals surface area (Å²) in [6, 6.07) is 0. The molecule has 0 spiro atoms. The average Bonchev–Trinajstić information content (AvgIpc) is 2.45. The molecule has 0 aliphatic carbocycles. The first kappa shape index (κ1) is 25.9. The molecule has 0 amide bonds. The molecule has 0 aliphatic rings. The lowest BCUT2D eigenvalue weighted by atomic mass is 9.88. The van der Waals surface area contributed by atoms with Crippen molar-refractivity contribution in [2.45, 2.75) is 67.6 Å². The number of rotatable bonds is 8. The number of halogens is 15. The molecule has 27 heavy (non-hydrogen) atoms. The smallest absolute Gasteiger partial charge is 0.387 e. The SMILES string of the molecule is CCCC(O)C(F)(F)C(F)(F)C(F)(F)C(F)(F)C(F)(F)C(F)(F)C(F)(F)F. The van der Waals surface area contributed by atoms with Gasteiger partial charge in [0.05, 0.1) is 0 Å². The van der Waals surface area contributed by atoms with Crippen molar-refractivity contribution in [3.63, 3.8) is 0 Å². The zero-order chi connectivity index (χ0) is 22.5. The van der Waals surface area contributed by atoms with E-state index in [9.17, 15) is 65.9 Å². The van der Waals surface area contributed by atoms with Crippen LogP contribution in [0.2, 0.25) is 0 Å². The lowest BCUT2D eigenvalue weighted by Crippen LogP contribution is -2.73. The van der Waals surface area contributed by atoms with Crippen LogP contribution < -0.4 is 0 Å². The summed E-state index contributed by atoms with van der Waals surface area (Å²) in [5.74, 6) is -47.0. The van der Waals surface area contributed by atoms with Crippen LogP contribution in [-0.4, -0.2) is 52.9 Å². The molecule has 0 saturated heterocycles. The van der Waals surface area contributed by atoms with Gasteiger partial charge >= 0.3 is 41.7 Å². The molecule has 0 rings (SSSR count). The Morgan fingerprint density at radius 2 is 0.852 bits per heavy atom. The van der Waals surface area contributed by atoms with Crippen molar-refractivity contribution in [1.29, 1.82) is 0 Å². The predicted octanol–water partition coefficient (Wildman–Crippen LogP) is 5.52. The molecule has 0 bridgehead atoms. The fraction of sp³-hybridized carbons (Fsp3) is 1.00. The van der Waals surface area contributed by atoms with E-state index in [1.807, 2.05) is 0 Å². The van der Waals surface area contributed by atoms with E-state index < -0.39 is 60.7 Å². The van der Waals surface area contributed by atoms with E-state index >= 15 is 0 Å². The average molecular weight is 442 g/mol. The van der Waals surface area contributed by atoms with Crippen molar-refractivity contribution in [2.24, 2.45) is 0 Å². The molecule has 1 N–H and O–H groups in total. The normalized spacial score (nSPS) is 17.2. The molecule has 0 aliphatic heterocycles. The first-order valence-corrected chi connectivity index (χ1v) is 6.50. The molecule has 0 heterocycles. The second-order valence-corrected chi connectivity index (χ2v) is 5.30. The van der Waals surface area contributed by atoms with Crippen molar-refractivity contribution >= 4 is 0 Å². The second kappa shape index (κ2) is 6.76. The largest absolute Gasteiger partial charge is 0.460 e. The Balaban J connectivity index is 6.47. The summed E-state index contributed by atoms with van der Waals surface area (Å²) in [5.41, 5.74) is 0. The van der Waals surface area contributed by atoms with E-state index in [0.717, 1.165) is 6.92 Å². The highest BCUT2D eigenvalue weighted by molar-refractivity contribution is 5.13. The summed E-state index contributed by atoms with van der Waals surface area (Å²) in [6.45, 7) is 0.905. The van der Waals surface area contributed by atoms with Gasteiger partial charge in [0.2, 0.25) is 0 Å². The highest BCUT2D eigenvalue weighted by Gasteiger charge is 2.93. The van der Waals surface area contributed by atoms with Crippen molar-refractivity contribution in [3.05, 3.63) is 0 Å². The molecule has 1 unspecified atom stereocenters. The van der Waals surface area contributed by atoms with Crippen LogP contribution in [0, 0.1) is 0 Å². The first-order chi connectivity index (χ1) is 11.5. The van der Waals surface area contributed by atoms with Crippen LogP contribution in [0.25, 0.3) is 0 Å². The highest BCUT2D eigenvalue weighted by atomic mass is 19.4. The third-order valence-electron chi connectivity index (χ3n) is 3.33. The monoisotopic (exact) mass is 442 g/mol. The van der Waals surface area contributed by atoms with Gasteiger partial charge in [0.25, 0.3) is 0 Å². The van der Waals surface area contributed by atoms with Crippen molar-refractivity contribution in [2.75, 3.05) is 0 Å². The molecule has 0 fully saturated rings. The van der Waals surface area contributed by atoms with E-state index in [2.05, 4.69) is 0 Å². The van der Waals surface area contributed by atoms with Gasteiger partial charge < -0.3 is 5.11 Å². The molecule has 16 heteroatoms. The Bertz CT molecular complexity index is 520. The standard InChI is InChI=1S/C11H9F15O/c1-2-3-4(27)5(12,13)6(14,15)7(16,17)8(18,19)9(20,21)10(22,23)11(24,25)26/h4,27H,2-3H2,1H3. The van der Waals surface area contributed by atoms with Gasteiger partial charge in [0, 0.05) is 0 Å². The van der Waals surface area contributed by atoms with Crippen molar-refractivity contribution in [1.82, 2.24) is 0 Å². The lowest BCUT2D eigenvalue weighted by Gasteiger charge is -2.42. The zero-order valence-electron chi connectivity index (χ0n) is 12.6. The fourth-order valence-electron chi connectivity index (χ4n) is 1.64. The summed E-state index contributed by atoms with van der Waals surface area (Å²) in [4.78, 5) is 0. The van der Waals surface area contributed by atoms with Gasteiger partial charge in [-0.1, -0.05) is 13.3 Å². The zero-order valence-corrected chi connectivity index (χ0v) is 12.6. The van der Waals surface area contributed by atoms with E-state index in [-0.39, 0.29) is 0 Å². The number of aliphatic hydroxyl groups is 1. The van der Waals surface area contributed by atoms with Gasteiger partial charge in [0.15, 0.2) is 0 Å². The van der Waals surface area contributed by atoms with Gasteiger partial charge in [-0.2, -0.15) is 65.9 Å². The van der Waals surface area contributed by atoms with Gasteiger partial charge in [-0.15, -0.1) is 0 Å². The highest BCUT2D eigenvalue weighted by Crippen LogP contribution is 2.62. The molecular formula is C11H9F15O. The molecule has 0 radical (unpaired) electrons. The van der Waals surface area contributed by atoms with Crippen LogP contribution in [0.15, 0.2) is 0 Å².